The molecule has 1 fully saturated rings. The predicted molar refractivity (Wildman–Crippen MR) is 83.5 cm³/mol. The molecule has 1 atom stereocenters. The van der Waals surface area contributed by atoms with Crippen molar-refractivity contribution < 1.29 is 4.79 Å². The highest BCUT2D eigenvalue weighted by molar-refractivity contribution is 5.75. The van der Waals surface area contributed by atoms with E-state index in [1.807, 2.05) is 17.0 Å². The lowest BCUT2D eigenvalue weighted by Crippen LogP contribution is -2.39. The fourth-order valence-corrected chi connectivity index (χ4v) is 3.54. The standard InChI is InChI=1S/C16H20N6O/c23-16(18-11-15-20-19-14-4-2-10-22(14)15)21-9-1-3-13(21)12-5-7-17-8-6-12/h5-8,13H,1-4,9-11H2,(H,18,23)/t13-/m1/s1. The van der Waals surface area contributed by atoms with Gasteiger partial charge in [0, 0.05) is 31.9 Å². The van der Waals surface area contributed by atoms with Crippen molar-refractivity contribution in [2.24, 2.45) is 0 Å². The molecule has 120 valence electrons. The van der Waals surface area contributed by atoms with E-state index >= 15 is 0 Å². The topological polar surface area (TPSA) is 75.9 Å². The maximum atomic E-state index is 12.6. The Morgan fingerprint density at radius 1 is 1.22 bits per heavy atom. The number of likely N-dealkylation sites (tertiary alicyclic amines) is 1. The molecule has 1 saturated heterocycles. The molecule has 4 heterocycles. The quantitative estimate of drug-likeness (QED) is 0.935. The van der Waals surface area contributed by atoms with E-state index in [0.29, 0.717) is 6.54 Å². The zero-order valence-electron chi connectivity index (χ0n) is 13.0. The first kappa shape index (κ1) is 14.2. The minimum absolute atomic E-state index is 0.0281. The molecule has 0 unspecified atom stereocenters. The van der Waals surface area contributed by atoms with Crippen molar-refractivity contribution in [3.8, 4) is 0 Å². The van der Waals surface area contributed by atoms with Gasteiger partial charge in [0.2, 0.25) is 0 Å². The van der Waals surface area contributed by atoms with Crippen LogP contribution in [0.15, 0.2) is 24.5 Å². The zero-order valence-corrected chi connectivity index (χ0v) is 13.0. The molecule has 7 heteroatoms. The van der Waals surface area contributed by atoms with Gasteiger partial charge in [-0.1, -0.05) is 0 Å². The average Bonchev–Trinajstić information content (AvgIpc) is 3.30. The normalized spacial score (nSPS) is 19.8. The van der Waals surface area contributed by atoms with Crippen molar-refractivity contribution in [3.05, 3.63) is 41.7 Å². The van der Waals surface area contributed by atoms with Crippen molar-refractivity contribution >= 4 is 6.03 Å². The van der Waals surface area contributed by atoms with Gasteiger partial charge in [-0.15, -0.1) is 10.2 Å². The van der Waals surface area contributed by atoms with E-state index < -0.39 is 0 Å². The Bertz CT molecular complexity index is 698. The number of nitrogens with one attached hydrogen (secondary N) is 1. The van der Waals surface area contributed by atoms with Gasteiger partial charge < -0.3 is 14.8 Å². The van der Waals surface area contributed by atoms with Crippen molar-refractivity contribution in [2.45, 2.75) is 44.8 Å². The van der Waals surface area contributed by atoms with E-state index in [4.69, 9.17) is 0 Å². The number of nitrogens with zero attached hydrogens (tertiary/aromatic N) is 5. The highest BCUT2D eigenvalue weighted by Crippen LogP contribution is 2.31. The number of urea groups is 1. The number of fused-ring (bicyclic) bond motifs is 1. The van der Waals surface area contributed by atoms with Crippen LogP contribution in [0.2, 0.25) is 0 Å². The Labute approximate surface area is 134 Å². The zero-order chi connectivity index (χ0) is 15.6. The maximum absolute atomic E-state index is 12.6. The molecule has 0 aromatic carbocycles. The van der Waals surface area contributed by atoms with Crippen LogP contribution in [-0.2, 0) is 19.5 Å². The Morgan fingerprint density at radius 2 is 2.09 bits per heavy atom. The molecule has 2 aromatic rings. The molecular formula is C16H20N6O. The summed E-state index contributed by atoms with van der Waals surface area (Å²) in [4.78, 5) is 18.5. The maximum Gasteiger partial charge on any atom is 0.318 e. The number of aromatic nitrogens is 4. The lowest BCUT2D eigenvalue weighted by molar-refractivity contribution is 0.192. The highest BCUT2D eigenvalue weighted by Gasteiger charge is 2.30. The van der Waals surface area contributed by atoms with Gasteiger partial charge in [0.15, 0.2) is 5.82 Å². The van der Waals surface area contributed by atoms with Crippen molar-refractivity contribution in [2.75, 3.05) is 6.54 Å². The summed E-state index contributed by atoms with van der Waals surface area (Å²) in [6.45, 7) is 2.18. The van der Waals surface area contributed by atoms with Gasteiger partial charge in [0.1, 0.15) is 5.82 Å². The first-order chi connectivity index (χ1) is 11.3. The molecule has 0 saturated carbocycles. The second-order valence-electron chi connectivity index (χ2n) is 6.08. The summed E-state index contributed by atoms with van der Waals surface area (Å²) in [6.07, 6.45) is 7.68. The Balaban J connectivity index is 1.42. The molecule has 2 aliphatic heterocycles. The van der Waals surface area contributed by atoms with Gasteiger partial charge >= 0.3 is 6.03 Å². The minimum atomic E-state index is -0.0281. The summed E-state index contributed by atoms with van der Waals surface area (Å²) in [6, 6.07) is 4.09. The first-order valence-electron chi connectivity index (χ1n) is 8.18. The Kier molecular flexibility index (Phi) is 3.69. The number of hydrogen-bond donors (Lipinski definition) is 1. The second-order valence-corrected chi connectivity index (χ2v) is 6.08. The molecule has 4 rings (SSSR count). The van der Waals surface area contributed by atoms with E-state index in [-0.39, 0.29) is 12.1 Å². The van der Waals surface area contributed by atoms with Gasteiger partial charge in [-0.05, 0) is 37.0 Å². The molecule has 0 aliphatic carbocycles. The number of carbonyl (C=O) groups excluding carboxylic acids is 1. The molecule has 0 spiro atoms. The fraction of sp³-hybridized carbons (Fsp3) is 0.500. The van der Waals surface area contributed by atoms with Crippen molar-refractivity contribution in [3.63, 3.8) is 0 Å². The third-order valence-electron chi connectivity index (χ3n) is 4.69. The molecule has 2 amide bonds. The smallest absolute Gasteiger partial charge is 0.318 e. The molecular weight excluding hydrogens is 292 g/mol. The minimum Gasteiger partial charge on any atom is -0.331 e. The lowest BCUT2D eigenvalue weighted by Gasteiger charge is -2.25. The molecule has 2 aliphatic rings. The van der Waals surface area contributed by atoms with Gasteiger partial charge in [0.25, 0.3) is 0 Å². The van der Waals surface area contributed by atoms with E-state index in [9.17, 15) is 4.79 Å². The summed E-state index contributed by atoms with van der Waals surface area (Å²) in [5, 5.41) is 11.4. The summed E-state index contributed by atoms with van der Waals surface area (Å²) >= 11 is 0. The Hall–Kier alpha value is -2.44. The monoisotopic (exact) mass is 312 g/mol. The summed E-state index contributed by atoms with van der Waals surface area (Å²) in [5.41, 5.74) is 1.15. The van der Waals surface area contributed by atoms with Crippen molar-refractivity contribution in [1.82, 2.24) is 30.0 Å². The van der Waals surface area contributed by atoms with Crippen LogP contribution in [0.5, 0.6) is 0 Å². The average molecular weight is 312 g/mol. The molecule has 1 N–H and O–H groups in total. The van der Waals surface area contributed by atoms with E-state index in [1.165, 1.54) is 0 Å². The van der Waals surface area contributed by atoms with Gasteiger partial charge in [-0.25, -0.2) is 4.79 Å². The summed E-state index contributed by atoms with van der Waals surface area (Å²) in [7, 11) is 0. The number of pyridine rings is 1. The number of amides is 2. The van der Waals surface area contributed by atoms with E-state index in [2.05, 4.69) is 25.1 Å². The predicted octanol–water partition coefficient (Wildman–Crippen LogP) is 1.67. The molecule has 0 radical (unpaired) electrons. The SMILES string of the molecule is O=C(NCc1nnc2n1CCC2)N1CCC[C@@H]1c1ccncc1. The molecule has 0 bridgehead atoms. The van der Waals surface area contributed by atoms with Crippen LogP contribution < -0.4 is 5.32 Å². The number of rotatable bonds is 3. The van der Waals surface area contributed by atoms with Gasteiger partial charge in [-0.2, -0.15) is 0 Å². The van der Waals surface area contributed by atoms with E-state index in [0.717, 1.165) is 56.0 Å². The highest BCUT2D eigenvalue weighted by atomic mass is 16.2. The third-order valence-corrected chi connectivity index (χ3v) is 4.69. The van der Waals surface area contributed by atoms with Crippen LogP contribution in [0, 0.1) is 0 Å². The van der Waals surface area contributed by atoms with Crippen LogP contribution in [0.3, 0.4) is 0 Å². The van der Waals surface area contributed by atoms with Crippen molar-refractivity contribution in [1.29, 1.82) is 0 Å². The van der Waals surface area contributed by atoms with Crippen LogP contribution in [0.25, 0.3) is 0 Å². The van der Waals surface area contributed by atoms with Gasteiger partial charge in [0.05, 0.1) is 12.6 Å². The lowest BCUT2D eigenvalue weighted by atomic mass is 10.1. The molecule has 2 aromatic heterocycles. The van der Waals surface area contributed by atoms with E-state index in [1.54, 1.807) is 12.4 Å². The van der Waals surface area contributed by atoms with Crippen LogP contribution in [-0.4, -0.2) is 37.2 Å². The van der Waals surface area contributed by atoms with Crippen LogP contribution >= 0.6 is 0 Å². The molecule has 23 heavy (non-hydrogen) atoms. The second kappa shape index (κ2) is 5.98. The van der Waals surface area contributed by atoms with Crippen LogP contribution in [0.4, 0.5) is 4.79 Å². The van der Waals surface area contributed by atoms with Crippen LogP contribution in [0.1, 0.15) is 42.5 Å². The first-order valence-corrected chi connectivity index (χ1v) is 8.18. The fourth-order valence-electron chi connectivity index (χ4n) is 3.54. The summed E-state index contributed by atoms with van der Waals surface area (Å²) < 4.78 is 2.12. The summed E-state index contributed by atoms with van der Waals surface area (Å²) in [5.74, 6) is 1.88. The number of aryl methyl sites for hydroxylation is 1. The molecule has 7 nitrogen and oxygen atoms in total. The van der Waals surface area contributed by atoms with Gasteiger partial charge in [-0.3, -0.25) is 4.98 Å². The Morgan fingerprint density at radius 3 is 2.96 bits per heavy atom. The largest absolute Gasteiger partial charge is 0.331 e. The number of carbonyl (C=O) groups is 1. The number of hydrogen-bond acceptors (Lipinski definition) is 4. The third kappa shape index (κ3) is 2.67.